The number of nitrogens with two attached hydrogens (primary N) is 2. The van der Waals surface area contributed by atoms with Crippen molar-refractivity contribution in [1.29, 1.82) is 0 Å². The van der Waals surface area contributed by atoms with Gasteiger partial charge in [0.2, 0.25) is 0 Å². The van der Waals surface area contributed by atoms with E-state index in [1.165, 1.54) is 0 Å². The molecule has 4 N–H and O–H groups in total. The first kappa shape index (κ1) is 22.8. The molecule has 0 fully saturated rings. The molecule has 0 aliphatic rings. The monoisotopic (exact) mass is 233 g/mol. The first-order valence-corrected chi connectivity index (χ1v) is 3.13. The summed E-state index contributed by atoms with van der Waals surface area (Å²) < 4.78 is 0. The Morgan fingerprint density at radius 3 is 1.08 bits per heavy atom. The van der Waals surface area contributed by atoms with E-state index in [-0.39, 0.29) is 17.1 Å². The molecule has 6 nitrogen and oxygen atoms in total. The molecule has 0 bridgehead atoms. The van der Waals surface area contributed by atoms with E-state index in [0.29, 0.717) is 13.1 Å². The quantitative estimate of drug-likeness (QED) is 0.450. The van der Waals surface area contributed by atoms with Crippen molar-refractivity contribution in [2.75, 3.05) is 13.1 Å². The topological polar surface area (TPSA) is 132 Å². The van der Waals surface area contributed by atoms with Crippen molar-refractivity contribution < 1.29 is 36.9 Å². The first-order chi connectivity index (χ1) is 5.38. The summed E-state index contributed by atoms with van der Waals surface area (Å²) in [4.78, 5) is 17.8. The van der Waals surface area contributed by atoms with Gasteiger partial charge in [-0.2, -0.15) is 0 Å². The van der Waals surface area contributed by atoms with Crippen LogP contribution in [0, 0.1) is 0 Å². The van der Waals surface area contributed by atoms with E-state index in [0.717, 1.165) is 13.8 Å². The fraction of sp³-hybridized carbons (Fsp3) is 0.667. The molecular formula is C6H14MnN2O4. The second-order valence-corrected chi connectivity index (χ2v) is 1.56. The zero-order valence-electron chi connectivity index (χ0n) is 7.58. The molecule has 0 aliphatic heterocycles. The van der Waals surface area contributed by atoms with Gasteiger partial charge < -0.3 is 31.3 Å². The molecule has 0 aromatic rings. The van der Waals surface area contributed by atoms with E-state index in [1.807, 2.05) is 0 Å². The maximum absolute atomic E-state index is 8.89. The van der Waals surface area contributed by atoms with Gasteiger partial charge in [-0.25, -0.2) is 0 Å². The first-order valence-electron chi connectivity index (χ1n) is 3.13. The molecular weight excluding hydrogens is 219 g/mol. The van der Waals surface area contributed by atoms with Crippen molar-refractivity contribution in [2.45, 2.75) is 13.8 Å². The Hall–Kier alpha value is -0.621. The van der Waals surface area contributed by atoms with Gasteiger partial charge in [-0.05, 0) is 13.8 Å². The summed E-state index contributed by atoms with van der Waals surface area (Å²) >= 11 is 0. The van der Waals surface area contributed by atoms with Gasteiger partial charge in [0.25, 0.3) is 0 Å². The minimum Gasteiger partial charge on any atom is -0.550 e. The molecule has 0 unspecified atom stereocenters. The van der Waals surface area contributed by atoms with Crippen molar-refractivity contribution in [3.05, 3.63) is 0 Å². The molecule has 0 rings (SSSR count). The van der Waals surface area contributed by atoms with Gasteiger partial charge in [-0.3, -0.25) is 0 Å². The third-order valence-corrected chi connectivity index (χ3v) is 0.167. The fourth-order valence-corrected chi connectivity index (χ4v) is 0. The Bertz CT molecular complexity index is 99.2. The van der Waals surface area contributed by atoms with E-state index in [9.17, 15) is 0 Å². The van der Waals surface area contributed by atoms with Gasteiger partial charge in [0.1, 0.15) is 0 Å². The van der Waals surface area contributed by atoms with Crippen LogP contribution in [0.2, 0.25) is 0 Å². The van der Waals surface area contributed by atoms with Crippen LogP contribution in [-0.2, 0) is 26.7 Å². The number of hydrogen-bond donors (Lipinski definition) is 2. The van der Waals surface area contributed by atoms with Crippen molar-refractivity contribution in [3.8, 4) is 0 Å². The van der Waals surface area contributed by atoms with Crippen LogP contribution >= 0.6 is 0 Å². The van der Waals surface area contributed by atoms with Crippen molar-refractivity contribution in [2.24, 2.45) is 11.5 Å². The van der Waals surface area contributed by atoms with Gasteiger partial charge in [0, 0.05) is 25.0 Å². The molecule has 79 valence electrons. The van der Waals surface area contributed by atoms with E-state index in [1.54, 1.807) is 0 Å². The summed E-state index contributed by atoms with van der Waals surface area (Å²) in [6.45, 7) is 3.14. The molecule has 0 saturated carbocycles. The zero-order chi connectivity index (χ0) is 10.6. The summed E-state index contributed by atoms with van der Waals surface area (Å²) in [5.41, 5.74) is 9.81. The fourth-order valence-electron chi connectivity index (χ4n) is 0. The summed E-state index contributed by atoms with van der Waals surface area (Å²) in [7, 11) is 0. The number of carbonyl (C=O) groups excluding carboxylic acids is 2. The number of carboxylic acid groups (broad SMARTS) is 2. The standard InChI is InChI=1S/C2H8N2.2C2H4O2.Mn/c3-1-2-4;2*1-2(3)4;/h1-4H2;2*1H3,(H,3,4);/q;;;+2/p-2. The van der Waals surface area contributed by atoms with Crippen LogP contribution in [0.15, 0.2) is 0 Å². The van der Waals surface area contributed by atoms with Crippen LogP contribution < -0.4 is 21.7 Å². The second-order valence-electron chi connectivity index (χ2n) is 1.56. The second kappa shape index (κ2) is 22.5. The summed E-state index contributed by atoms with van der Waals surface area (Å²) in [5, 5.41) is 17.8. The van der Waals surface area contributed by atoms with Crippen LogP contribution in [0.5, 0.6) is 0 Å². The van der Waals surface area contributed by atoms with E-state index in [4.69, 9.17) is 31.3 Å². The van der Waals surface area contributed by atoms with Crippen LogP contribution in [0.4, 0.5) is 0 Å². The molecule has 0 amide bonds. The molecule has 0 aromatic heterocycles. The molecule has 13 heavy (non-hydrogen) atoms. The van der Waals surface area contributed by atoms with Crippen molar-refractivity contribution >= 4 is 11.9 Å². The van der Waals surface area contributed by atoms with Gasteiger partial charge in [-0.15, -0.1) is 0 Å². The molecule has 7 heteroatoms. The third-order valence-electron chi connectivity index (χ3n) is 0.167. The number of carboxylic acids is 2. The largest absolute Gasteiger partial charge is 2.00 e. The summed E-state index contributed by atoms with van der Waals surface area (Å²) in [6.07, 6.45) is 0. The number of carbonyl (C=O) groups is 2. The number of hydrogen-bond acceptors (Lipinski definition) is 6. The smallest absolute Gasteiger partial charge is 0.550 e. The van der Waals surface area contributed by atoms with Gasteiger partial charge in [0.15, 0.2) is 0 Å². The summed E-state index contributed by atoms with van der Waals surface area (Å²) in [5.74, 6) is -2.17. The normalized spacial score (nSPS) is 6.15. The van der Waals surface area contributed by atoms with Gasteiger partial charge >= 0.3 is 17.1 Å². The molecule has 1 radical (unpaired) electrons. The van der Waals surface area contributed by atoms with E-state index < -0.39 is 11.9 Å². The Morgan fingerprint density at radius 1 is 1.00 bits per heavy atom. The molecule has 0 aliphatic carbocycles. The molecule has 0 saturated heterocycles. The predicted molar refractivity (Wildman–Crippen MR) is 39.5 cm³/mol. The zero-order valence-corrected chi connectivity index (χ0v) is 8.76. The van der Waals surface area contributed by atoms with Gasteiger partial charge in [-0.1, -0.05) is 0 Å². The van der Waals surface area contributed by atoms with E-state index in [2.05, 4.69) is 0 Å². The number of aliphatic carboxylic acids is 2. The Balaban J connectivity index is -0.0000000450. The Morgan fingerprint density at radius 2 is 1.08 bits per heavy atom. The average Bonchev–Trinajstić information content (AvgIpc) is 1.85. The maximum Gasteiger partial charge on any atom is 2.00 e. The predicted octanol–water partition coefficient (Wildman–Crippen LogP) is -3.59. The summed E-state index contributed by atoms with van der Waals surface area (Å²) in [6, 6.07) is 0. The van der Waals surface area contributed by atoms with Gasteiger partial charge in [0.05, 0.1) is 0 Å². The minimum atomic E-state index is -1.08. The third kappa shape index (κ3) is 6950. The van der Waals surface area contributed by atoms with Crippen LogP contribution in [0.25, 0.3) is 0 Å². The molecule has 0 aromatic carbocycles. The van der Waals surface area contributed by atoms with Crippen molar-refractivity contribution in [3.63, 3.8) is 0 Å². The van der Waals surface area contributed by atoms with Crippen LogP contribution in [-0.4, -0.2) is 25.0 Å². The molecule has 0 atom stereocenters. The molecule has 0 heterocycles. The maximum atomic E-state index is 8.89. The van der Waals surface area contributed by atoms with Crippen molar-refractivity contribution in [1.82, 2.24) is 0 Å². The molecule has 0 spiro atoms. The van der Waals surface area contributed by atoms with E-state index >= 15 is 0 Å². The SMILES string of the molecule is CC(=O)[O-].CC(=O)[O-].NCCN.[Mn+2]. The van der Waals surface area contributed by atoms with Crippen LogP contribution in [0.1, 0.15) is 13.8 Å². The Kier molecular flexibility index (Phi) is 39.5. The van der Waals surface area contributed by atoms with Crippen LogP contribution in [0.3, 0.4) is 0 Å². The average molecular weight is 233 g/mol. The Labute approximate surface area is 87.8 Å². The number of rotatable bonds is 1. The minimum absolute atomic E-state index is 0.